The predicted octanol–water partition coefficient (Wildman–Crippen LogP) is 2.60. The van der Waals surface area contributed by atoms with Crippen molar-refractivity contribution in [3.8, 4) is 5.75 Å². The number of ether oxygens (including phenoxy) is 4. The van der Waals surface area contributed by atoms with Gasteiger partial charge in [-0.2, -0.15) is 0 Å². The summed E-state index contributed by atoms with van der Waals surface area (Å²) in [6.45, 7) is 1.87. The second kappa shape index (κ2) is 10.8. The van der Waals surface area contributed by atoms with Crippen LogP contribution < -0.4 is 15.5 Å². The molecule has 1 N–H and O–H groups in total. The standard InChI is InChI=1S/C25H26F2N2O8/c1-25-6-3-7-35-18(25)13-29-12-16(23(32)28-11-14-4-5-15(26)10-17(14)27)20(30)21(19(29)22(25)31)37-24(33)36-9-8-34-2/h4-5,10,12,18H,3,6-9,11,13H2,1-2H3,(H,28,32)/t18-,25-/m0/s1. The minimum absolute atomic E-state index is 0.00689. The van der Waals surface area contributed by atoms with Gasteiger partial charge in [-0.05, 0) is 25.8 Å². The molecule has 2 aliphatic rings. The van der Waals surface area contributed by atoms with Crippen molar-refractivity contribution in [1.29, 1.82) is 0 Å². The lowest BCUT2D eigenvalue weighted by Crippen LogP contribution is -2.52. The number of methoxy groups -OCH3 is 1. The molecule has 0 saturated carbocycles. The van der Waals surface area contributed by atoms with E-state index in [-0.39, 0.29) is 37.6 Å². The van der Waals surface area contributed by atoms with Crippen molar-refractivity contribution in [2.24, 2.45) is 5.41 Å². The zero-order valence-electron chi connectivity index (χ0n) is 20.3. The summed E-state index contributed by atoms with van der Waals surface area (Å²) in [4.78, 5) is 52.2. The van der Waals surface area contributed by atoms with Gasteiger partial charge in [0.15, 0.2) is 5.78 Å². The number of pyridine rings is 1. The third-order valence-electron chi connectivity index (χ3n) is 6.60. The minimum atomic E-state index is -1.25. The van der Waals surface area contributed by atoms with Crippen LogP contribution in [0.1, 0.15) is 46.2 Å². The van der Waals surface area contributed by atoms with Crippen molar-refractivity contribution in [3.05, 3.63) is 63.1 Å². The first-order valence-corrected chi connectivity index (χ1v) is 11.6. The lowest BCUT2D eigenvalue weighted by Gasteiger charge is -2.44. The Bertz CT molecular complexity index is 1290. The molecule has 2 aromatic rings. The van der Waals surface area contributed by atoms with Crippen LogP contribution >= 0.6 is 0 Å². The average molecular weight is 520 g/mol. The number of hydrogen-bond donors (Lipinski definition) is 1. The highest BCUT2D eigenvalue weighted by Crippen LogP contribution is 2.42. The van der Waals surface area contributed by atoms with E-state index in [2.05, 4.69) is 5.32 Å². The zero-order chi connectivity index (χ0) is 26.7. The maximum absolute atomic E-state index is 14.0. The van der Waals surface area contributed by atoms with Crippen molar-refractivity contribution in [2.75, 3.05) is 26.9 Å². The number of amides is 1. The van der Waals surface area contributed by atoms with Crippen molar-refractivity contribution < 1.29 is 42.1 Å². The molecule has 12 heteroatoms. The molecule has 1 amide bonds. The number of hydrogen-bond acceptors (Lipinski definition) is 8. The Hall–Kier alpha value is -3.64. The fourth-order valence-corrected chi connectivity index (χ4v) is 4.50. The Morgan fingerprint density at radius 2 is 2.03 bits per heavy atom. The SMILES string of the molecule is COCCOC(=O)Oc1c2n(cc(C(=O)NCc3ccc(F)cc3F)c1=O)C[C@@H]1OCCC[C@]1(C)C2=O. The minimum Gasteiger partial charge on any atom is -0.432 e. The lowest BCUT2D eigenvalue weighted by molar-refractivity contribution is -0.0740. The Balaban J connectivity index is 1.70. The fourth-order valence-electron chi connectivity index (χ4n) is 4.50. The summed E-state index contributed by atoms with van der Waals surface area (Å²) in [6.07, 6.45) is 0.566. The highest BCUT2D eigenvalue weighted by atomic mass is 19.1. The molecule has 0 spiro atoms. The molecule has 37 heavy (non-hydrogen) atoms. The molecule has 1 aromatic heterocycles. The van der Waals surface area contributed by atoms with E-state index in [1.54, 1.807) is 6.92 Å². The van der Waals surface area contributed by atoms with E-state index < -0.39 is 57.7 Å². The van der Waals surface area contributed by atoms with Gasteiger partial charge in [0.05, 0.1) is 24.7 Å². The number of ketones is 1. The number of nitrogens with zero attached hydrogens (tertiary/aromatic N) is 1. The molecule has 4 rings (SSSR count). The van der Waals surface area contributed by atoms with Crippen LogP contribution in [-0.2, 0) is 27.3 Å². The second-order valence-electron chi connectivity index (χ2n) is 9.02. The summed E-state index contributed by atoms with van der Waals surface area (Å²) < 4.78 is 49.2. The smallest absolute Gasteiger partial charge is 0.432 e. The molecule has 1 aromatic carbocycles. The normalized spacial score (nSPS) is 20.5. The van der Waals surface area contributed by atoms with E-state index in [1.165, 1.54) is 17.9 Å². The van der Waals surface area contributed by atoms with Gasteiger partial charge in [-0.25, -0.2) is 13.6 Å². The molecule has 198 valence electrons. The molecular weight excluding hydrogens is 494 g/mol. The van der Waals surface area contributed by atoms with Gasteiger partial charge < -0.3 is 28.8 Å². The van der Waals surface area contributed by atoms with Crippen molar-refractivity contribution in [3.63, 3.8) is 0 Å². The van der Waals surface area contributed by atoms with Gasteiger partial charge in [0, 0.05) is 38.1 Å². The first-order chi connectivity index (χ1) is 17.7. The number of benzene rings is 1. The number of Topliss-reactive ketones (excluding diaryl/α,β-unsaturated/α-hetero) is 1. The molecule has 0 aliphatic carbocycles. The van der Waals surface area contributed by atoms with E-state index in [0.29, 0.717) is 25.5 Å². The number of rotatable bonds is 7. The summed E-state index contributed by atoms with van der Waals surface area (Å²) in [5.41, 5.74) is -2.59. The van der Waals surface area contributed by atoms with Gasteiger partial charge in [-0.3, -0.25) is 14.4 Å². The number of carbonyl (C=O) groups is 3. The van der Waals surface area contributed by atoms with E-state index in [4.69, 9.17) is 18.9 Å². The average Bonchev–Trinajstić information content (AvgIpc) is 2.86. The maximum Gasteiger partial charge on any atom is 0.514 e. The predicted molar refractivity (Wildman–Crippen MR) is 123 cm³/mol. The molecule has 1 saturated heterocycles. The summed E-state index contributed by atoms with van der Waals surface area (Å²) in [7, 11) is 1.40. The second-order valence-corrected chi connectivity index (χ2v) is 9.02. The van der Waals surface area contributed by atoms with E-state index in [9.17, 15) is 28.0 Å². The first kappa shape index (κ1) is 26.4. The monoisotopic (exact) mass is 520 g/mol. The maximum atomic E-state index is 14.0. The van der Waals surface area contributed by atoms with Crippen LogP contribution in [0.4, 0.5) is 13.6 Å². The Labute approximate surface area is 210 Å². The van der Waals surface area contributed by atoms with Gasteiger partial charge >= 0.3 is 6.16 Å². The quantitative estimate of drug-likeness (QED) is 0.437. The summed E-state index contributed by atoms with van der Waals surface area (Å²) in [5, 5.41) is 2.40. The van der Waals surface area contributed by atoms with Crippen molar-refractivity contribution in [2.45, 2.75) is 39.0 Å². The van der Waals surface area contributed by atoms with Crippen LogP contribution in [0, 0.1) is 17.0 Å². The van der Waals surface area contributed by atoms with Crippen LogP contribution in [0.2, 0.25) is 0 Å². The van der Waals surface area contributed by atoms with Crippen molar-refractivity contribution in [1.82, 2.24) is 9.88 Å². The molecule has 0 radical (unpaired) electrons. The molecule has 2 atom stereocenters. The Morgan fingerprint density at radius 1 is 1.24 bits per heavy atom. The van der Waals surface area contributed by atoms with Crippen LogP contribution in [-0.4, -0.2) is 55.4 Å². The third-order valence-corrected chi connectivity index (χ3v) is 6.60. The summed E-state index contributed by atoms with van der Waals surface area (Å²) in [5.74, 6) is -3.66. The largest absolute Gasteiger partial charge is 0.514 e. The Morgan fingerprint density at radius 3 is 2.76 bits per heavy atom. The topological polar surface area (TPSA) is 122 Å². The lowest BCUT2D eigenvalue weighted by atomic mass is 9.71. The Kier molecular flexibility index (Phi) is 7.69. The molecule has 3 heterocycles. The number of fused-ring (bicyclic) bond motifs is 2. The third kappa shape index (κ3) is 5.25. The zero-order valence-corrected chi connectivity index (χ0v) is 20.3. The molecule has 2 aliphatic heterocycles. The van der Waals surface area contributed by atoms with Crippen LogP contribution in [0.15, 0.2) is 29.2 Å². The highest BCUT2D eigenvalue weighted by molar-refractivity contribution is 6.04. The van der Waals surface area contributed by atoms with Gasteiger partial charge in [0.2, 0.25) is 11.2 Å². The van der Waals surface area contributed by atoms with Gasteiger partial charge in [-0.15, -0.1) is 0 Å². The summed E-state index contributed by atoms with van der Waals surface area (Å²) >= 11 is 0. The number of carbonyl (C=O) groups excluding carboxylic acids is 3. The van der Waals surface area contributed by atoms with Crippen molar-refractivity contribution >= 4 is 17.8 Å². The van der Waals surface area contributed by atoms with E-state index in [0.717, 1.165) is 12.1 Å². The number of nitrogens with one attached hydrogen (secondary N) is 1. The number of aromatic nitrogens is 1. The van der Waals surface area contributed by atoms with Crippen LogP contribution in [0.5, 0.6) is 5.75 Å². The molecule has 0 bridgehead atoms. The molecular formula is C25H26F2N2O8. The van der Waals surface area contributed by atoms with Crippen LogP contribution in [0.25, 0.3) is 0 Å². The van der Waals surface area contributed by atoms with Gasteiger partial charge in [0.1, 0.15) is 29.5 Å². The van der Waals surface area contributed by atoms with E-state index >= 15 is 0 Å². The van der Waals surface area contributed by atoms with Gasteiger partial charge in [-0.1, -0.05) is 6.07 Å². The summed E-state index contributed by atoms with van der Waals surface area (Å²) in [6, 6.07) is 2.87. The molecule has 1 fully saturated rings. The fraction of sp³-hybridized carbons (Fsp3) is 0.440. The van der Waals surface area contributed by atoms with Gasteiger partial charge in [0.25, 0.3) is 5.91 Å². The first-order valence-electron chi connectivity index (χ1n) is 11.6. The van der Waals surface area contributed by atoms with Crippen LogP contribution in [0.3, 0.4) is 0 Å². The molecule has 10 nitrogen and oxygen atoms in total. The number of halogens is 2. The van der Waals surface area contributed by atoms with E-state index in [1.807, 2.05) is 0 Å². The molecule has 0 unspecified atom stereocenters. The highest BCUT2D eigenvalue weighted by Gasteiger charge is 2.50.